The van der Waals surface area contributed by atoms with Crippen molar-refractivity contribution in [2.45, 2.75) is 0 Å². The van der Waals surface area contributed by atoms with Gasteiger partial charge in [0.25, 0.3) is 5.69 Å². The van der Waals surface area contributed by atoms with Crippen LogP contribution in [0, 0.1) is 15.9 Å². The first-order valence-corrected chi connectivity index (χ1v) is 6.57. The molecule has 2 aromatic rings. The number of nitrogens with one attached hydrogen (secondary N) is 2. The Kier molecular flexibility index (Phi) is 4.90. The number of nitro groups is 1. The summed E-state index contributed by atoms with van der Waals surface area (Å²) in [6.45, 7) is -0.193. The van der Waals surface area contributed by atoms with E-state index in [9.17, 15) is 19.3 Å². The minimum Gasteiger partial charge on any atom is -0.374 e. The zero-order valence-corrected chi connectivity index (χ0v) is 11.9. The van der Waals surface area contributed by atoms with Crippen LogP contribution < -0.4 is 10.6 Å². The molecule has 0 aliphatic rings. The van der Waals surface area contributed by atoms with E-state index < -0.39 is 16.6 Å². The van der Waals surface area contributed by atoms with Crippen molar-refractivity contribution in [1.29, 1.82) is 0 Å². The predicted molar refractivity (Wildman–Crippen MR) is 81.6 cm³/mol. The van der Waals surface area contributed by atoms with Gasteiger partial charge in [0, 0.05) is 22.8 Å². The molecule has 0 aromatic heterocycles. The zero-order valence-electron chi connectivity index (χ0n) is 11.2. The van der Waals surface area contributed by atoms with Gasteiger partial charge in [-0.3, -0.25) is 14.9 Å². The number of rotatable bonds is 5. The number of carbonyl (C=O) groups excluding carboxylic acids is 1. The number of nitrogens with zero attached hydrogens (tertiary/aromatic N) is 1. The second-order valence-corrected chi connectivity index (χ2v) is 4.77. The summed E-state index contributed by atoms with van der Waals surface area (Å²) in [5, 5.41) is 16.0. The Morgan fingerprint density at radius 2 is 2.05 bits per heavy atom. The molecule has 0 aliphatic heterocycles. The molecule has 2 rings (SSSR count). The molecule has 1 amide bonds. The highest BCUT2D eigenvalue weighted by Gasteiger charge is 2.09. The van der Waals surface area contributed by atoms with Crippen LogP contribution in [-0.2, 0) is 4.79 Å². The SMILES string of the molecule is O=C(CNc1ccc(Cl)cc1F)Nc1cccc([N+](=O)[O-])c1. The molecule has 2 N–H and O–H groups in total. The lowest BCUT2D eigenvalue weighted by Gasteiger charge is -2.08. The molecule has 0 unspecified atom stereocenters. The zero-order chi connectivity index (χ0) is 16.1. The first kappa shape index (κ1) is 15.7. The Labute approximate surface area is 130 Å². The number of non-ortho nitro benzene ring substituents is 1. The van der Waals surface area contributed by atoms with Crippen molar-refractivity contribution in [3.05, 3.63) is 63.4 Å². The van der Waals surface area contributed by atoms with Gasteiger partial charge in [-0.05, 0) is 24.3 Å². The smallest absolute Gasteiger partial charge is 0.271 e. The minimum atomic E-state index is -0.573. The Morgan fingerprint density at radius 3 is 2.73 bits per heavy atom. The highest BCUT2D eigenvalue weighted by atomic mass is 35.5. The third-order valence-corrected chi connectivity index (χ3v) is 2.95. The number of hydrogen-bond donors (Lipinski definition) is 2. The van der Waals surface area contributed by atoms with Crippen LogP contribution in [0.3, 0.4) is 0 Å². The van der Waals surface area contributed by atoms with E-state index in [4.69, 9.17) is 11.6 Å². The van der Waals surface area contributed by atoms with Crippen molar-refractivity contribution in [3.63, 3.8) is 0 Å². The molecule has 0 saturated carbocycles. The summed E-state index contributed by atoms with van der Waals surface area (Å²) in [6.07, 6.45) is 0. The van der Waals surface area contributed by atoms with Crippen LogP contribution in [0.5, 0.6) is 0 Å². The van der Waals surface area contributed by atoms with E-state index in [0.29, 0.717) is 0 Å². The third kappa shape index (κ3) is 4.16. The number of amides is 1. The van der Waals surface area contributed by atoms with Crippen LogP contribution in [0.2, 0.25) is 5.02 Å². The molecule has 114 valence electrons. The number of hydrogen-bond acceptors (Lipinski definition) is 4. The van der Waals surface area contributed by atoms with Crippen molar-refractivity contribution in [1.82, 2.24) is 0 Å². The monoisotopic (exact) mass is 323 g/mol. The lowest BCUT2D eigenvalue weighted by atomic mass is 10.2. The summed E-state index contributed by atoms with van der Waals surface area (Å²) in [7, 11) is 0. The molecule has 8 heteroatoms. The molecule has 0 radical (unpaired) electrons. The molecule has 0 atom stereocenters. The molecule has 0 bridgehead atoms. The van der Waals surface area contributed by atoms with Crippen molar-refractivity contribution >= 4 is 34.6 Å². The summed E-state index contributed by atoms with van der Waals surface area (Å²) in [6, 6.07) is 9.57. The molecule has 0 saturated heterocycles. The molecule has 22 heavy (non-hydrogen) atoms. The highest BCUT2D eigenvalue weighted by Crippen LogP contribution is 2.19. The fourth-order valence-corrected chi connectivity index (χ4v) is 1.87. The average Bonchev–Trinajstić information content (AvgIpc) is 2.46. The number of benzene rings is 2. The van der Waals surface area contributed by atoms with Gasteiger partial charge in [-0.15, -0.1) is 0 Å². The summed E-state index contributed by atoms with van der Waals surface area (Å²) in [5.41, 5.74) is 0.297. The topological polar surface area (TPSA) is 84.3 Å². The van der Waals surface area contributed by atoms with Gasteiger partial charge in [0.2, 0.25) is 5.91 Å². The molecule has 0 fully saturated rings. The van der Waals surface area contributed by atoms with Crippen molar-refractivity contribution < 1.29 is 14.1 Å². The average molecular weight is 324 g/mol. The third-order valence-electron chi connectivity index (χ3n) is 2.71. The van der Waals surface area contributed by atoms with Gasteiger partial charge in [0.1, 0.15) is 5.82 Å². The molecule has 0 spiro atoms. The first-order valence-electron chi connectivity index (χ1n) is 6.19. The maximum atomic E-state index is 13.5. The molecule has 6 nitrogen and oxygen atoms in total. The highest BCUT2D eigenvalue weighted by molar-refractivity contribution is 6.30. The van der Waals surface area contributed by atoms with E-state index in [2.05, 4.69) is 10.6 Å². The van der Waals surface area contributed by atoms with Crippen LogP contribution in [0.4, 0.5) is 21.5 Å². The number of nitro benzene ring substituents is 1. The van der Waals surface area contributed by atoms with Crippen LogP contribution in [0.15, 0.2) is 42.5 Å². The van der Waals surface area contributed by atoms with E-state index in [-0.39, 0.29) is 28.6 Å². The quantitative estimate of drug-likeness (QED) is 0.652. The second-order valence-electron chi connectivity index (χ2n) is 4.33. The lowest BCUT2D eigenvalue weighted by Crippen LogP contribution is -2.22. The summed E-state index contributed by atoms with van der Waals surface area (Å²) in [4.78, 5) is 21.8. The summed E-state index contributed by atoms with van der Waals surface area (Å²) < 4.78 is 13.5. The molecular formula is C14H11ClFN3O3. The van der Waals surface area contributed by atoms with Gasteiger partial charge >= 0.3 is 0 Å². The fourth-order valence-electron chi connectivity index (χ4n) is 1.71. The Bertz CT molecular complexity index is 724. The fraction of sp³-hybridized carbons (Fsp3) is 0.0714. The molecule has 0 aliphatic carbocycles. The summed E-state index contributed by atoms with van der Waals surface area (Å²) in [5.74, 6) is -1.04. The van der Waals surface area contributed by atoms with Gasteiger partial charge in [-0.2, -0.15) is 0 Å². The molecular weight excluding hydrogens is 313 g/mol. The Morgan fingerprint density at radius 1 is 1.27 bits per heavy atom. The second kappa shape index (κ2) is 6.86. The Hall–Kier alpha value is -2.67. The van der Waals surface area contributed by atoms with Gasteiger partial charge in [0.15, 0.2) is 0 Å². The van der Waals surface area contributed by atoms with Crippen molar-refractivity contribution in [2.75, 3.05) is 17.2 Å². The van der Waals surface area contributed by atoms with Gasteiger partial charge in [-0.25, -0.2) is 4.39 Å². The van der Waals surface area contributed by atoms with E-state index in [1.165, 1.54) is 36.4 Å². The van der Waals surface area contributed by atoms with E-state index in [1.54, 1.807) is 0 Å². The molecule has 0 heterocycles. The summed E-state index contributed by atoms with van der Waals surface area (Å²) >= 11 is 5.63. The maximum Gasteiger partial charge on any atom is 0.271 e. The first-order chi connectivity index (χ1) is 10.5. The predicted octanol–water partition coefficient (Wildman–Crippen LogP) is 3.44. The Balaban J connectivity index is 1.95. The maximum absolute atomic E-state index is 13.5. The number of halogens is 2. The lowest BCUT2D eigenvalue weighted by molar-refractivity contribution is -0.384. The van der Waals surface area contributed by atoms with Gasteiger partial charge in [-0.1, -0.05) is 17.7 Å². The van der Waals surface area contributed by atoms with Crippen molar-refractivity contribution in [3.8, 4) is 0 Å². The van der Waals surface area contributed by atoms with Crippen LogP contribution >= 0.6 is 11.6 Å². The minimum absolute atomic E-state index is 0.130. The van der Waals surface area contributed by atoms with E-state index >= 15 is 0 Å². The van der Waals surface area contributed by atoms with E-state index in [1.807, 2.05) is 0 Å². The van der Waals surface area contributed by atoms with Gasteiger partial charge < -0.3 is 10.6 Å². The van der Waals surface area contributed by atoms with Crippen LogP contribution in [0.25, 0.3) is 0 Å². The largest absolute Gasteiger partial charge is 0.374 e. The van der Waals surface area contributed by atoms with Crippen LogP contribution in [0.1, 0.15) is 0 Å². The standard InChI is InChI=1S/C14H11ClFN3O3/c15-9-4-5-13(12(16)6-9)17-8-14(20)18-10-2-1-3-11(7-10)19(21)22/h1-7,17H,8H2,(H,18,20). The number of anilines is 2. The van der Waals surface area contributed by atoms with Crippen molar-refractivity contribution in [2.24, 2.45) is 0 Å². The number of carbonyl (C=O) groups is 1. The van der Waals surface area contributed by atoms with Gasteiger partial charge in [0.05, 0.1) is 17.2 Å². The normalized spacial score (nSPS) is 10.1. The van der Waals surface area contributed by atoms with E-state index in [0.717, 1.165) is 6.07 Å². The molecule has 2 aromatic carbocycles. The van der Waals surface area contributed by atoms with Crippen LogP contribution in [-0.4, -0.2) is 17.4 Å².